The van der Waals surface area contributed by atoms with E-state index in [1.165, 1.54) is 4.90 Å². The van der Waals surface area contributed by atoms with Gasteiger partial charge in [-0.15, -0.1) is 0 Å². The van der Waals surface area contributed by atoms with E-state index in [0.29, 0.717) is 24.8 Å². The van der Waals surface area contributed by atoms with Crippen molar-refractivity contribution in [2.45, 2.75) is 52.1 Å². The highest BCUT2D eigenvalue weighted by molar-refractivity contribution is 6.08. The van der Waals surface area contributed by atoms with Crippen LogP contribution in [0.1, 0.15) is 57.2 Å². The van der Waals surface area contributed by atoms with Crippen molar-refractivity contribution >= 4 is 17.7 Å². The molecule has 1 aromatic rings. The summed E-state index contributed by atoms with van der Waals surface area (Å²) in [7, 11) is 0. The Bertz CT molecular complexity index is 840. The number of nitrogens with one attached hydrogen (secondary N) is 1. The van der Waals surface area contributed by atoms with Crippen molar-refractivity contribution in [3.63, 3.8) is 0 Å². The maximum atomic E-state index is 13.1. The van der Waals surface area contributed by atoms with E-state index in [2.05, 4.69) is 11.4 Å². The van der Waals surface area contributed by atoms with Gasteiger partial charge < -0.3 is 5.32 Å². The number of carbonyl (C=O) groups excluding carboxylic acids is 3. The van der Waals surface area contributed by atoms with Gasteiger partial charge in [0, 0.05) is 0 Å². The Balaban J connectivity index is 1.79. The predicted molar refractivity (Wildman–Crippen MR) is 108 cm³/mol. The number of nitriles is 1. The van der Waals surface area contributed by atoms with Crippen molar-refractivity contribution in [2.24, 2.45) is 17.8 Å². The SMILES string of the molecule is CC(C)CC(C(=O)NC(C)c1ccc(C#N)cc1)N1C(=O)C2CC=CCC2C1=O. The van der Waals surface area contributed by atoms with Gasteiger partial charge in [0.05, 0.1) is 29.5 Å². The van der Waals surface area contributed by atoms with Gasteiger partial charge in [0.2, 0.25) is 17.7 Å². The number of hydrogen-bond donors (Lipinski definition) is 1. The van der Waals surface area contributed by atoms with Crippen molar-refractivity contribution in [3.8, 4) is 6.07 Å². The summed E-state index contributed by atoms with van der Waals surface area (Å²) in [4.78, 5) is 40.3. The van der Waals surface area contributed by atoms with Gasteiger partial charge in [-0.25, -0.2) is 0 Å². The Kier molecular flexibility index (Phi) is 6.17. The number of imide groups is 1. The van der Waals surface area contributed by atoms with Crippen LogP contribution >= 0.6 is 0 Å². The van der Waals surface area contributed by atoms with Gasteiger partial charge in [0.15, 0.2) is 0 Å². The molecule has 0 radical (unpaired) electrons. The molecule has 1 aliphatic carbocycles. The molecule has 152 valence electrons. The van der Waals surface area contributed by atoms with E-state index in [1.54, 1.807) is 24.3 Å². The Morgan fingerprint density at radius 1 is 1.10 bits per heavy atom. The fraction of sp³-hybridized carbons (Fsp3) is 0.478. The van der Waals surface area contributed by atoms with Crippen LogP contribution in [0, 0.1) is 29.1 Å². The smallest absolute Gasteiger partial charge is 0.243 e. The third-order valence-corrected chi connectivity index (χ3v) is 5.75. The Morgan fingerprint density at radius 2 is 1.66 bits per heavy atom. The number of benzene rings is 1. The van der Waals surface area contributed by atoms with Gasteiger partial charge in [-0.3, -0.25) is 19.3 Å². The number of rotatable bonds is 6. The molecule has 2 aliphatic rings. The third kappa shape index (κ3) is 4.24. The molecule has 6 heteroatoms. The summed E-state index contributed by atoms with van der Waals surface area (Å²) < 4.78 is 0. The first-order valence-electron chi connectivity index (χ1n) is 10.2. The van der Waals surface area contributed by atoms with E-state index in [-0.39, 0.29) is 41.5 Å². The summed E-state index contributed by atoms with van der Waals surface area (Å²) in [6, 6.07) is 7.97. The summed E-state index contributed by atoms with van der Waals surface area (Å²) in [6.45, 7) is 5.80. The average molecular weight is 393 g/mol. The van der Waals surface area contributed by atoms with E-state index < -0.39 is 6.04 Å². The predicted octanol–water partition coefficient (Wildman–Crippen LogP) is 3.10. The van der Waals surface area contributed by atoms with Crippen LogP contribution in [0.5, 0.6) is 0 Å². The normalized spacial score (nSPS) is 22.9. The number of nitrogens with zero attached hydrogens (tertiary/aromatic N) is 2. The molecule has 1 heterocycles. The molecule has 6 nitrogen and oxygen atoms in total. The van der Waals surface area contributed by atoms with E-state index in [1.807, 2.05) is 32.9 Å². The van der Waals surface area contributed by atoms with Gasteiger partial charge in [-0.1, -0.05) is 38.1 Å². The summed E-state index contributed by atoms with van der Waals surface area (Å²) in [5.74, 6) is -1.30. The minimum absolute atomic E-state index is 0.150. The van der Waals surface area contributed by atoms with Crippen LogP contribution in [-0.4, -0.2) is 28.7 Å². The van der Waals surface area contributed by atoms with Crippen molar-refractivity contribution in [3.05, 3.63) is 47.5 Å². The number of fused-ring (bicyclic) bond motifs is 1. The maximum absolute atomic E-state index is 13.1. The van der Waals surface area contributed by atoms with Gasteiger partial charge >= 0.3 is 0 Å². The van der Waals surface area contributed by atoms with Crippen LogP contribution in [0.25, 0.3) is 0 Å². The van der Waals surface area contributed by atoms with Crippen LogP contribution in [0.3, 0.4) is 0 Å². The van der Waals surface area contributed by atoms with Crippen molar-refractivity contribution in [1.82, 2.24) is 10.2 Å². The molecular weight excluding hydrogens is 366 g/mol. The Morgan fingerprint density at radius 3 is 2.14 bits per heavy atom. The summed E-state index contributed by atoms with van der Waals surface area (Å²) in [6.07, 6.45) is 5.43. The van der Waals surface area contributed by atoms with Crippen LogP contribution in [0.4, 0.5) is 0 Å². The maximum Gasteiger partial charge on any atom is 0.243 e. The molecule has 1 N–H and O–H groups in total. The lowest BCUT2D eigenvalue weighted by Gasteiger charge is -2.28. The molecule has 29 heavy (non-hydrogen) atoms. The zero-order valence-corrected chi connectivity index (χ0v) is 17.1. The second kappa shape index (κ2) is 8.60. The fourth-order valence-corrected chi connectivity index (χ4v) is 4.15. The van der Waals surface area contributed by atoms with Gasteiger partial charge in [0.1, 0.15) is 6.04 Å². The lowest BCUT2D eigenvalue weighted by Crippen LogP contribution is -2.51. The minimum Gasteiger partial charge on any atom is -0.348 e. The van der Waals surface area contributed by atoms with Crippen LogP contribution in [-0.2, 0) is 14.4 Å². The molecule has 0 bridgehead atoms. The molecule has 4 atom stereocenters. The van der Waals surface area contributed by atoms with E-state index in [4.69, 9.17) is 5.26 Å². The van der Waals surface area contributed by atoms with Crippen molar-refractivity contribution < 1.29 is 14.4 Å². The first-order valence-corrected chi connectivity index (χ1v) is 10.2. The highest BCUT2D eigenvalue weighted by Gasteiger charge is 2.51. The largest absolute Gasteiger partial charge is 0.348 e. The highest BCUT2D eigenvalue weighted by atomic mass is 16.2. The molecule has 1 saturated heterocycles. The molecule has 0 spiro atoms. The van der Waals surface area contributed by atoms with Crippen molar-refractivity contribution in [2.75, 3.05) is 0 Å². The van der Waals surface area contributed by atoms with Gasteiger partial charge in [-0.05, 0) is 49.8 Å². The monoisotopic (exact) mass is 393 g/mol. The number of hydrogen-bond acceptors (Lipinski definition) is 4. The molecule has 0 saturated carbocycles. The highest BCUT2D eigenvalue weighted by Crippen LogP contribution is 2.37. The fourth-order valence-electron chi connectivity index (χ4n) is 4.15. The molecule has 3 rings (SSSR count). The second-order valence-corrected chi connectivity index (χ2v) is 8.31. The lowest BCUT2D eigenvalue weighted by molar-refractivity contribution is -0.148. The molecule has 1 aromatic carbocycles. The number of allylic oxidation sites excluding steroid dienone is 2. The van der Waals surface area contributed by atoms with Gasteiger partial charge in [0.25, 0.3) is 0 Å². The third-order valence-electron chi connectivity index (χ3n) is 5.75. The summed E-state index contributed by atoms with van der Waals surface area (Å²) in [5, 5.41) is 11.9. The summed E-state index contributed by atoms with van der Waals surface area (Å²) in [5.41, 5.74) is 1.41. The summed E-state index contributed by atoms with van der Waals surface area (Å²) >= 11 is 0. The molecule has 1 aliphatic heterocycles. The van der Waals surface area contributed by atoms with Crippen LogP contribution in [0.15, 0.2) is 36.4 Å². The molecule has 3 amide bonds. The first-order chi connectivity index (χ1) is 13.8. The zero-order valence-electron chi connectivity index (χ0n) is 17.1. The number of amides is 3. The lowest BCUT2D eigenvalue weighted by atomic mass is 9.85. The van der Waals surface area contributed by atoms with E-state index in [9.17, 15) is 14.4 Å². The average Bonchev–Trinajstić information content (AvgIpc) is 2.96. The molecule has 0 aromatic heterocycles. The first kappa shape index (κ1) is 20.8. The second-order valence-electron chi connectivity index (χ2n) is 8.31. The topological polar surface area (TPSA) is 90.3 Å². The van der Waals surface area contributed by atoms with Crippen LogP contribution < -0.4 is 5.32 Å². The zero-order chi connectivity index (χ0) is 21.1. The standard InChI is InChI=1S/C23H27N3O3/c1-14(2)12-20(26-22(28)18-6-4-5-7-19(18)23(26)29)21(27)25-15(3)17-10-8-16(13-24)9-11-17/h4-5,8-11,14-15,18-20H,6-7,12H2,1-3H3,(H,25,27). The van der Waals surface area contributed by atoms with E-state index in [0.717, 1.165) is 5.56 Å². The molecule has 4 unspecified atom stereocenters. The van der Waals surface area contributed by atoms with Crippen molar-refractivity contribution in [1.29, 1.82) is 5.26 Å². The van der Waals surface area contributed by atoms with Crippen LogP contribution in [0.2, 0.25) is 0 Å². The number of likely N-dealkylation sites (tertiary alicyclic amines) is 1. The Hall–Kier alpha value is -2.94. The van der Waals surface area contributed by atoms with Gasteiger partial charge in [-0.2, -0.15) is 5.26 Å². The number of carbonyl (C=O) groups is 3. The minimum atomic E-state index is -0.804. The van der Waals surface area contributed by atoms with E-state index >= 15 is 0 Å². The Labute approximate surface area is 171 Å². The quantitative estimate of drug-likeness (QED) is 0.594. The molecular formula is C23H27N3O3. The molecule has 1 fully saturated rings.